The molecule has 19 heavy (non-hydrogen) atoms. The Morgan fingerprint density at radius 1 is 1.37 bits per heavy atom. The Balaban J connectivity index is 2.17. The number of rotatable bonds is 3. The molecule has 100 valence electrons. The topological polar surface area (TPSA) is 48.1 Å². The van der Waals surface area contributed by atoms with Gasteiger partial charge in [0.15, 0.2) is 0 Å². The van der Waals surface area contributed by atoms with Gasteiger partial charge < -0.3 is 10.5 Å². The first-order valence-corrected chi connectivity index (χ1v) is 6.56. The Morgan fingerprint density at radius 3 is 2.79 bits per heavy atom. The van der Waals surface area contributed by atoms with Crippen molar-refractivity contribution in [2.75, 3.05) is 5.73 Å². The molecule has 2 N–H and O–H groups in total. The van der Waals surface area contributed by atoms with E-state index in [1.807, 2.05) is 13.8 Å². The van der Waals surface area contributed by atoms with Gasteiger partial charge in [-0.25, -0.2) is 4.39 Å². The van der Waals surface area contributed by atoms with Gasteiger partial charge in [0.25, 0.3) is 0 Å². The fraction of sp³-hybridized carbons (Fsp3) is 0.214. The first-order chi connectivity index (χ1) is 8.99. The van der Waals surface area contributed by atoms with Crippen LogP contribution in [0.1, 0.15) is 16.8 Å². The van der Waals surface area contributed by atoms with E-state index in [-0.39, 0.29) is 5.82 Å². The van der Waals surface area contributed by atoms with Gasteiger partial charge in [-0.1, -0.05) is 0 Å². The molecule has 0 spiro atoms. The van der Waals surface area contributed by atoms with E-state index in [2.05, 4.69) is 20.9 Å². The van der Waals surface area contributed by atoms with E-state index in [0.717, 1.165) is 22.5 Å². The number of benzene rings is 1. The van der Waals surface area contributed by atoms with Crippen molar-refractivity contribution < 1.29 is 9.13 Å². The highest BCUT2D eigenvalue weighted by Crippen LogP contribution is 2.27. The highest BCUT2D eigenvalue weighted by atomic mass is 79.9. The molecule has 0 atom stereocenters. The molecule has 0 unspecified atom stereocenters. The zero-order valence-corrected chi connectivity index (χ0v) is 12.3. The molecule has 1 heterocycles. The molecule has 0 saturated carbocycles. The lowest BCUT2D eigenvalue weighted by atomic mass is 10.1. The van der Waals surface area contributed by atoms with Crippen LogP contribution in [-0.2, 0) is 6.61 Å². The van der Waals surface area contributed by atoms with Gasteiger partial charge in [0.1, 0.15) is 18.2 Å². The molecule has 1 aromatic heterocycles. The maximum absolute atomic E-state index is 13.0. The SMILES string of the molecule is Cc1cnc(COc2ccc(F)cc2Br)c(C)c1N. The summed E-state index contributed by atoms with van der Waals surface area (Å²) in [4.78, 5) is 4.31. The first kappa shape index (κ1) is 13.8. The van der Waals surface area contributed by atoms with Gasteiger partial charge in [0.05, 0.1) is 10.2 Å². The molecule has 0 aliphatic rings. The second-order valence-corrected chi connectivity index (χ2v) is 5.14. The molecule has 5 heteroatoms. The van der Waals surface area contributed by atoms with Gasteiger partial charge >= 0.3 is 0 Å². The third kappa shape index (κ3) is 3.04. The van der Waals surface area contributed by atoms with Crippen LogP contribution in [0.3, 0.4) is 0 Å². The van der Waals surface area contributed by atoms with Gasteiger partial charge in [-0.2, -0.15) is 0 Å². The van der Waals surface area contributed by atoms with Crippen molar-refractivity contribution >= 4 is 21.6 Å². The maximum atomic E-state index is 13.0. The smallest absolute Gasteiger partial charge is 0.134 e. The minimum atomic E-state index is -0.312. The quantitative estimate of drug-likeness (QED) is 0.935. The Labute approximate surface area is 119 Å². The van der Waals surface area contributed by atoms with Crippen LogP contribution in [0, 0.1) is 19.7 Å². The van der Waals surface area contributed by atoms with Crippen LogP contribution >= 0.6 is 15.9 Å². The van der Waals surface area contributed by atoms with Gasteiger partial charge in [0.2, 0.25) is 0 Å². The lowest BCUT2D eigenvalue weighted by Crippen LogP contribution is -2.05. The molecular weight excluding hydrogens is 311 g/mol. The lowest BCUT2D eigenvalue weighted by Gasteiger charge is -2.12. The number of hydrogen-bond acceptors (Lipinski definition) is 3. The molecule has 2 aromatic rings. The number of halogens is 2. The molecule has 0 fully saturated rings. The van der Waals surface area contributed by atoms with Crippen molar-refractivity contribution in [2.45, 2.75) is 20.5 Å². The predicted molar refractivity (Wildman–Crippen MR) is 76.6 cm³/mol. The van der Waals surface area contributed by atoms with E-state index in [1.54, 1.807) is 12.3 Å². The minimum Gasteiger partial charge on any atom is -0.486 e. The van der Waals surface area contributed by atoms with Crippen LogP contribution in [-0.4, -0.2) is 4.98 Å². The van der Waals surface area contributed by atoms with Gasteiger partial charge in [-0.05, 0) is 59.1 Å². The third-order valence-electron chi connectivity index (χ3n) is 2.93. The molecule has 3 nitrogen and oxygen atoms in total. The zero-order chi connectivity index (χ0) is 14.0. The molecule has 1 aromatic carbocycles. The van der Waals surface area contributed by atoms with Gasteiger partial charge in [0, 0.05) is 11.9 Å². The summed E-state index contributed by atoms with van der Waals surface area (Å²) >= 11 is 3.26. The number of nitrogens with two attached hydrogens (primary N) is 1. The molecule has 0 saturated heterocycles. The molecule has 2 rings (SSSR count). The predicted octanol–water partition coefficient (Wildman–Crippen LogP) is 3.76. The molecule has 0 aliphatic heterocycles. The number of hydrogen-bond donors (Lipinski definition) is 1. The number of nitrogen functional groups attached to an aromatic ring is 1. The summed E-state index contributed by atoms with van der Waals surface area (Å²) in [5, 5.41) is 0. The number of ether oxygens (including phenoxy) is 1. The van der Waals surface area contributed by atoms with Crippen LogP contribution in [0.15, 0.2) is 28.9 Å². The van der Waals surface area contributed by atoms with Crippen molar-refractivity contribution in [3.63, 3.8) is 0 Å². The average molecular weight is 325 g/mol. The largest absolute Gasteiger partial charge is 0.486 e. The van der Waals surface area contributed by atoms with Crippen molar-refractivity contribution in [1.29, 1.82) is 0 Å². The standard InChI is InChI=1S/C14H14BrFN2O/c1-8-6-18-12(9(2)14(8)17)7-19-13-4-3-10(16)5-11(13)15/h3-6H,7H2,1-2H3,(H2,17,18). The molecule has 0 bridgehead atoms. The lowest BCUT2D eigenvalue weighted by molar-refractivity contribution is 0.298. The number of nitrogens with zero attached hydrogens (tertiary/aromatic N) is 1. The van der Waals surface area contributed by atoms with E-state index in [9.17, 15) is 4.39 Å². The highest BCUT2D eigenvalue weighted by Gasteiger charge is 2.08. The van der Waals surface area contributed by atoms with Crippen LogP contribution in [0.25, 0.3) is 0 Å². The van der Waals surface area contributed by atoms with Crippen LogP contribution < -0.4 is 10.5 Å². The number of pyridine rings is 1. The van der Waals surface area contributed by atoms with Crippen molar-refractivity contribution in [3.8, 4) is 5.75 Å². The van der Waals surface area contributed by atoms with Crippen LogP contribution in [0.4, 0.5) is 10.1 Å². The van der Waals surface area contributed by atoms with E-state index < -0.39 is 0 Å². The summed E-state index contributed by atoms with van der Waals surface area (Å²) < 4.78 is 19.2. The summed E-state index contributed by atoms with van der Waals surface area (Å²) in [5.74, 6) is 0.259. The summed E-state index contributed by atoms with van der Waals surface area (Å²) in [5.41, 5.74) is 9.32. The molecule has 0 aliphatic carbocycles. The second-order valence-electron chi connectivity index (χ2n) is 4.29. The third-order valence-corrected chi connectivity index (χ3v) is 3.55. The Bertz CT molecular complexity index is 617. The normalized spacial score (nSPS) is 10.5. The number of aryl methyl sites for hydroxylation is 1. The van der Waals surface area contributed by atoms with E-state index >= 15 is 0 Å². The van der Waals surface area contributed by atoms with Crippen molar-refractivity contribution in [3.05, 3.63) is 51.5 Å². The molecule has 0 amide bonds. The summed E-state index contributed by atoms with van der Waals surface area (Å²) in [6.45, 7) is 4.12. The fourth-order valence-corrected chi connectivity index (χ4v) is 2.14. The van der Waals surface area contributed by atoms with Gasteiger partial charge in [-0.15, -0.1) is 0 Å². The first-order valence-electron chi connectivity index (χ1n) is 5.77. The molecule has 0 radical (unpaired) electrons. The molecular formula is C14H14BrFN2O. The number of anilines is 1. The van der Waals surface area contributed by atoms with Crippen LogP contribution in [0.2, 0.25) is 0 Å². The van der Waals surface area contributed by atoms with Crippen molar-refractivity contribution in [2.24, 2.45) is 0 Å². The van der Waals surface area contributed by atoms with E-state index in [4.69, 9.17) is 10.5 Å². The Kier molecular flexibility index (Phi) is 4.04. The maximum Gasteiger partial charge on any atom is 0.134 e. The van der Waals surface area contributed by atoms with E-state index in [0.29, 0.717) is 16.8 Å². The Morgan fingerprint density at radius 2 is 2.11 bits per heavy atom. The van der Waals surface area contributed by atoms with E-state index in [1.165, 1.54) is 12.1 Å². The zero-order valence-electron chi connectivity index (χ0n) is 10.7. The van der Waals surface area contributed by atoms with Crippen molar-refractivity contribution in [1.82, 2.24) is 4.98 Å². The monoisotopic (exact) mass is 324 g/mol. The highest BCUT2D eigenvalue weighted by molar-refractivity contribution is 9.10. The summed E-state index contributed by atoms with van der Waals surface area (Å²) in [6.07, 6.45) is 1.72. The fourth-order valence-electron chi connectivity index (χ4n) is 1.68. The average Bonchev–Trinajstić information content (AvgIpc) is 2.37. The Hall–Kier alpha value is -1.62. The van der Waals surface area contributed by atoms with Gasteiger partial charge in [-0.3, -0.25) is 4.98 Å². The summed E-state index contributed by atoms with van der Waals surface area (Å²) in [7, 11) is 0. The second kappa shape index (κ2) is 5.57. The van der Waals surface area contributed by atoms with Crippen LogP contribution in [0.5, 0.6) is 5.75 Å². The minimum absolute atomic E-state index is 0.292. The summed E-state index contributed by atoms with van der Waals surface area (Å²) in [6, 6.07) is 4.29. The number of aromatic nitrogens is 1.